The molecule has 0 aliphatic rings. The Morgan fingerprint density at radius 3 is 0.944 bits per heavy atom. The van der Waals surface area contributed by atoms with Crippen molar-refractivity contribution in [3.05, 3.63) is 417 Å². The van der Waals surface area contributed by atoms with Crippen molar-refractivity contribution in [1.29, 1.82) is 0 Å². The summed E-state index contributed by atoms with van der Waals surface area (Å²) < 4.78 is 0. The van der Waals surface area contributed by atoms with Gasteiger partial charge in [0.1, 0.15) is 0 Å². The van der Waals surface area contributed by atoms with E-state index in [1.54, 1.807) is 0 Å². The number of hydrogen-bond donors (Lipinski definition) is 0. The molecule has 0 saturated carbocycles. The zero-order valence-corrected chi connectivity index (χ0v) is 67.8. The second-order valence-corrected chi connectivity index (χ2v) is 30.3. The Bertz CT molecular complexity index is 4920. The first-order chi connectivity index (χ1) is 51.3. The quantitative estimate of drug-likeness (QED) is 0.135. The van der Waals surface area contributed by atoms with Crippen molar-refractivity contribution < 1.29 is 0 Å². The number of benzene rings is 14. The summed E-state index contributed by atoms with van der Waals surface area (Å²) in [4.78, 5) is 0. The minimum absolute atomic E-state index is 0.206. The van der Waals surface area contributed by atoms with Gasteiger partial charge >= 0.3 is 0 Å². The van der Waals surface area contributed by atoms with E-state index in [2.05, 4.69) is 460 Å². The molecule has 0 spiro atoms. The summed E-state index contributed by atoms with van der Waals surface area (Å²) in [6, 6.07) is 116. The minimum Gasteiger partial charge on any atom is -0.0622 e. The van der Waals surface area contributed by atoms with Crippen molar-refractivity contribution >= 4 is 0 Å². The maximum atomic E-state index is 2.36. The van der Waals surface area contributed by atoms with Gasteiger partial charge in [-0.05, 0) is 263 Å². The van der Waals surface area contributed by atoms with E-state index in [-0.39, 0.29) is 5.41 Å². The average Bonchev–Trinajstić information content (AvgIpc) is 0.813. The Morgan fingerprint density at radius 2 is 0.533 bits per heavy atom. The van der Waals surface area contributed by atoms with Crippen LogP contribution in [0.15, 0.2) is 328 Å². The lowest BCUT2D eigenvalue weighted by molar-refractivity contribution is 0.590. The van der Waals surface area contributed by atoms with Crippen LogP contribution < -0.4 is 0 Å². The fourth-order valence-corrected chi connectivity index (χ4v) is 13.6. The van der Waals surface area contributed by atoms with Crippen LogP contribution >= 0.6 is 0 Å². The van der Waals surface area contributed by atoms with Gasteiger partial charge in [0.15, 0.2) is 0 Å². The van der Waals surface area contributed by atoms with Gasteiger partial charge in [-0.15, -0.1) is 0 Å². The van der Waals surface area contributed by atoms with Crippen molar-refractivity contribution in [3.63, 3.8) is 0 Å². The Kier molecular flexibility index (Phi) is 30.5. The van der Waals surface area contributed by atoms with Crippen molar-refractivity contribution in [2.24, 2.45) is 0 Å². The Morgan fingerprint density at radius 1 is 0.196 bits per heavy atom. The van der Waals surface area contributed by atoms with Crippen LogP contribution in [0.3, 0.4) is 0 Å². The first-order valence-electron chi connectivity index (χ1n) is 38.3. The van der Waals surface area contributed by atoms with E-state index in [1.165, 1.54) is 167 Å². The smallest absolute Gasteiger partial charge is 0.0125 e. The molecule has 0 saturated heterocycles. The van der Waals surface area contributed by atoms with Gasteiger partial charge in [0.25, 0.3) is 0 Å². The first kappa shape index (κ1) is 81.7. The standard InChI is InChI=1S/C19H24.C17H20.C15H16.4C14H14/c1-13(2)18-11-17(16-9-7-6-8-10-16)12-19(14(3)4)15(18)5;1-13-10-11-15(17(2,3)4)12-16(13)14-8-6-5-7-9-14;1-11-9-15(10-12(2)13(11)3)14-7-5-4-6-8-14;1-11-7-6-8-12(2)14(11)13-9-4-3-5-10-13;1-11-7-6-10-14(12(11)2)13-8-4-3-5-9-13;1-11-8-9-14(12(2)10-11)13-6-4-3-5-7-13;1-11-8-9-12(2)14(10-11)13-6-4-3-5-7-13/h6-14H,1-5H3;5-12H,1-4H3;4-10H,1-3H3;4*3-10H,1-2H3. The molecule has 14 aromatic carbocycles. The van der Waals surface area contributed by atoms with Crippen LogP contribution in [0, 0.1) is 90.0 Å². The van der Waals surface area contributed by atoms with E-state index >= 15 is 0 Å². The van der Waals surface area contributed by atoms with Gasteiger partial charge in [0.05, 0.1) is 0 Å². The van der Waals surface area contributed by atoms with Crippen LogP contribution in [-0.4, -0.2) is 0 Å². The second kappa shape index (κ2) is 40.0. The van der Waals surface area contributed by atoms with Crippen LogP contribution in [-0.2, 0) is 5.41 Å². The summed E-state index contributed by atoms with van der Waals surface area (Å²) in [5.74, 6) is 1.14. The number of rotatable bonds is 9. The highest BCUT2D eigenvalue weighted by molar-refractivity contribution is 5.74. The van der Waals surface area contributed by atoms with E-state index < -0.39 is 0 Å². The van der Waals surface area contributed by atoms with Gasteiger partial charge in [-0.25, -0.2) is 0 Å². The highest BCUT2D eigenvalue weighted by Crippen LogP contribution is 2.35. The fraction of sp³-hybridized carbons (Fsp3) is 0.215. The predicted octanol–water partition coefficient (Wildman–Crippen LogP) is 31.0. The molecule has 0 bridgehead atoms. The van der Waals surface area contributed by atoms with Crippen molar-refractivity contribution in [3.8, 4) is 77.9 Å². The molecule has 0 radical (unpaired) electrons. The maximum absolute atomic E-state index is 2.36. The van der Waals surface area contributed by atoms with E-state index in [4.69, 9.17) is 0 Å². The summed E-state index contributed by atoms with van der Waals surface area (Å²) in [5.41, 5.74) is 40.7. The molecule has 0 atom stereocenters. The molecule has 0 unspecified atom stereocenters. The molecular weight excluding hydrogens is 1290 g/mol. The molecule has 0 amide bonds. The molecule has 14 rings (SSSR count). The van der Waals surface area contributed by atoms with Crippen LogP contribution in [0.2, 0.25) is 0 Å². The third-order valence-electron chi connectivity index (χ3n) is 20.2. The molecule has 0 heteroatoms. The first-order valence-corrected chi connectivity index (χ1v) is 38.3. The van der Waals surface area contributed by atoms with E-state index in [9.17, 15) is 0 Å². The maximum Gasteiger partial charge on any atom is -0.0125 e. The lowest BCUT2D eigenvalue weighted by atomic mass is 9.84. The number of aryl methyl sites for hydroxylation is 10. The largest absolute Gasteiger partial charge is 0.0622 e. The second-order valence-electron chi connectivity index (χ2n) is 30.3. The molecule has 0 aromatic heterocycles. The normalized spacial score (nSPS) is 10.6. The molecule has 0 fully saturated rings. The summed E-state index contributed by atoms with van der Waals surface area (Å²) in [7, 11) is 0. The summed E-state index contributed by atoms with van der Waals surface area (Å²) >= 11 is 0. The Balaban J connectivity index is 0.000000158. The number of hydrogen-bond acceptors (Lipinski definition) is 0. The molecule has 14 aromatic rings. The summed E-state index contributed by atoms with van der Waals surface area (Å²) in [5, 5.41) is 0. The summed E-state index contributed by atoms with van der Waals surface area (Å²) in [6.45, 7) is 44.1. The highest BCUT2D eigenvalue weighted by atomic mass is 14.2. The SMILES string of the molecule is Cc1c(C(C)C)cc(-c2ccccc2)cc1C(C)C.Cc1cc(-c2ccccc2)cc(C)c1C.Cc1ccc(-c2ccccc2)c(C)c1.Cc1ccc(C(C)(C)C)cc1-c1ccccc1.Cc1ccc(C)c(-c2ccccc2)c1.Cc1cccc(-c2ccccc2)c1C.Cc1cccc(C)c1-c1ccccc1. The molecular formula is C107H116. The zero-order chi connectivity index (χ0) is 77.2. The predicted molar refractivity (Wildman–Crippen MR) is 472 cm³/mol. The molecule has 0 heterocycles. The van der Waals surface area contributed by atoms with Gasteiger partial charge in [0, 0.05) is 0 Å². The Hall–Kier alpha value is -10.9. The van der Waals surface area contributed by atoms with Crippen LogP contribution in [0.1, 0.15) is 149 Å². The molecule has 0 aliphatic carbocycles. The molecule has 544 valence electrons. The van der Waals surface area contributed by atoms with Gasteiger partial charge in [-0.2, -0.15) is 0 Å². The van der Waals surface area contributed by atoms with Gasteiger partial charge in [0.2, 0.25) is 0 Å². The van der Waals surface area contributed by atoms with Gasteiger partial charge in [-0.1, -0.05) is 387 Å². The average molecular weight is 1400 g/mol. The van der Waals surface area contributed by atoms with E-state index in [0.29, 0.717) is 11.8 Å². The highest BCUT2D eigenvalue weighted by Gasteiger charge is 2.17. The van der Waals surface area contributed by atoms with Crippen molar-refractivity contribution in [2.75, 3.05) is 0 Å². The molecule has 0 nitrogen and oxygen atoms in total. The van der Waals surface area contributed by atoms with E-state index in [0.717, 1.165) is 0 Å². The van der Waals surface area contributed by atoms with Crippen LogP contribution in [0.5, 0.6) is 0 Å². The van der Waals surface area contributed by atoms with Crippen molar-refractivity contribution in [1.82, 2.24) is 0 Å². The minimum atomic E-state index is 0.206. The monoisotopic (exact) mass is 1400 g/mol. The van der Waals surface area contributed by atoms with Crippen molar-refractivity contribution in [2.45, 2.75) is 156 Å². The third-order valence-corrected chi connectivity index (χ3v) is 20.2. The lowest BCUT2D eigenvalue weighted by Crippen LogP contribution is -2.11. The van der Waals surface area contributed by atoms with Crippen LogP contribution in [0.25, 0.3) is 77.9 Å². The third kappa shape index (κ3) is 23.8. The Labute approximate surface area is 646 Å². The zero-order valence-electron chi connectivity index (χ0n) is 67.8. The van der Waals surface area contributed by atoms with E-state index in [1.807, 2.05) is 6.07 Å². The lowest BCUT2D eigenvalue weighted by Gasteiger charge is -2.21. The van der Waals surface area contributed by atoms with Gasteiger partial charge in [-0.3, -0.25) is 0 Å². The topological polar surface area (TPSA) is 0 Å². The molecule has 0 N–H and O–H groups in total. The van der Waals surface area contributed by atoms with Crippen LogP contribution in [0.4, 0.5) is 0 Å². The van der Waals surface area contributed by atoms with Gasteiger partial charge < -0.3 is 0 Å². The molecule has 107 heavy (non-hydrogen) atoms. The molecule has 0 aliphatic heterocycles. The summed E-state index contributed by atoms with van der Waals surface area (Å²) in [6.07, 6.45) is 0. The fourth-order valence-electron chi connectivity index (χ4n) is 13.6.